The van der Waals surface area contributed by atoms with Crippen molar-refractivity contribution in [3.8, 4) is 0 Å². The summed E-state index contributed by atoms with van der Waals surface area (Å²) in [5, 5.41) is 5.05. The van der Waals surface area contributed by atoms with Gasteiger partial charge in [-0.2, -0.15) is 0 Å². The highest BCUT2D eigenvalue weighted by molar-refractivity contribution is 7.15. The summed E-state index contributed by atoms with van der Waals surface area (Å²) in [5.41, 5.74) is 0.993. The van der Waals surface area contributed by atoms with Gasteiger partial charge in [0.1, 0.15) is 0 Å². The lowest BCUT2D eigenvalue weighted by molar-refractivity contribution is 0.122. The molecule has 5 heteroatoms. The highest BCUT2D eigenvalue weighted by Gasteiger charge is 2.01. The quantitative estimate of drug-likeness (QED) is 0.753. The Balaban J connectivity index is 1.89. The van der Waals surface area contributed by atoms with E-state index in [1.54, 1.807) is 11.3 Å². The second-order valence-corrected chi connectivity index (χ2v) is 3.85. The van der Waals surface area contributed by atoms with Crippen molar-refractivity contribution in [1.82, 2.24) is 14.7 Å². The lowest BCUT2D eigenvalue weighted by atomic mass is 10.5. The highest BCUT2D eigenvalue weighted by atomic mass is 32.1. The summed E-state index contributed by atoms with van der Waals surface area (Å²) in [6.07, 6.45) is 4.01. The van der Waals surface area contributed by atoms with E-state index >= 15 is 0 Å². The summed E-state index contributed by atoms with van der Waals surface area (Å²) < 4.78 is 7.44. The number of likely N-dealkylation sites (N-methyl/N-ethyl adjacent to an activating group) is 1. The zero-order valence-corrected chi connectivity index (χ0v) is 8.88. The summed E-state index contributed by atoms with van der Waals surface area (Å²) in [7, 11) is 1.91. The SMILES string of the molecule is CNCCOCc1cn2ccsc2n1. The molecule has 2 rings (SSSR count). The number of hydrogen-bond acceptors (Lipinski definition) is 4. The molecule has 0 aliphatic heterocycles. The largest absolute Gasteiger partial charge is 0.374 e. The van der Waals surface area contributed by atoms with Crippen molar-refractivity contribution in [2.24, 2.45) is 0 Å². The molecule has 4 nitrogen and oxygen atoms in total. The third-order valence-corrected chi connectivity index (χ3v) is 2.66. The third kappa shape index (κ3) is 2.12. The molecule has 0 radical (unpaired) electrons. The van der Waals surface area contributed by atoms with Gasteiger partial charge in [0, 0.05) is 24.3 Å². The van der Waals surface area contributed by atoms with Gasteiger partial charge in [0.05, 0.1) is 18.9 Å². The van der Waals surface area contributed by atoms with Crippen molar-refractivity contribution in [2.75, 3.05) is 20.2 Å². The van der Waals surface area contributed by atoms with Crippen molar-refractivity contribution < 1.29 is 4.74 Å². The number of ether oxygens (including phenoxy) is 1. The molecule has 0 aliphatic rings. The zero-order valence-electron chi connectivity index (χ0n) is 8.06. The molecule has 2 aromatic rings. The number of hydrogen-bond donors (Lipinski definition) is 1. The van der Waals surface area contributed by atoms with Crippen LogP contribution < -0.4 is 5.32 Å². The highest BCUT2D eigenvalue weighted by Crippen LogP contribution is 2.11. The van der Waals surface area contributed by atoms with E-state index in [2.05, 4.69) is 10.3 Å². The second-order valence-electron chi connectivity index (χ2n) is 2.98. The normalized spacial score (nSPS) is 11.2. The van der Waals surface area contributed by atoms with Gasteiger partial charge in [-0.25, -0.2) is 4.98 Å². The van der Waals surface area contributed by atoms with Gasteiger partial charge in [-0.3, -0.25) is 4.40 Å². The van der Waals surface area contributed by atoms with Crippen molar-refractivity contribution in [1.29, 1.82) is 0 Å². The first-order valence-electron chi connectivity index (χ1n) is 4.53. The van der Waals surface area contributed by atoms with E-state index < -0.39 is 0 Å². The van der Waals surface area contributed by atoms with Crippen LogP contribution in [0.4, 0.5) is 0 Å². The predicted octanol–water partition coefficient (Wildman–Crippen LogP) is 1.13. The Morgan fingerprint density at radius 1 is 1.64 bits per heavy atom. The molecule has 1 N–H and O–H groups in total. The number of nitrogens with one attached hydrogen (secondary N) is 1. The van der Waals surface area contributed by atoms with Gasteiger partial charge >= 0.3 is 0 Å². The van der Waals surface area contributed by atoms with Crippen LogP contribution in [0.5, 0.6) is 0 Å². The Hall–Kier alpha value is -0.910. The minimum Gasteiger partial charge on any atom is -0.374 e. The van der Waals surface area contributed by atoms with Gasteiger partial charge in [0.15, 0.2) is 4.96 Å². The first-order valence-corrected chi connectivity index (χ1v) is 5.41. The molecule has 0 aliphatic carbocycles. The fourth-order valence-electron chi connectivity index (χ4n) is 1.20. The molecule has 0 amide bonds. The number of fused-ring (bicyclic) bond motifs is 1. The molecule has 0 fully saturated rings. The Bertz CT molecular complexity index is 367. The van der Waals surface area contributed by atoms with Crippen LogP contribution in [0.15, 0.2) is 17.8 Å². The minimum atomic E-state index is 0.593. The maximum atomic E-state index is 5.43. The summed E-state index contributed by atoms with van der Waals surface area (Å²) >= 11 is 1.64. The summed E-state index contributed by atoms with van der Waals surface area (Å²) in [5.74, 6) is 0. The number of imidazole rings is 1. The van der Waals surface area contributed by atoms with Crippen LogP contribution in [0.25, 0.3) is 4.96 Å². The van der Waals surface area contributed by atoms with E-state index in [4.69, 9.17) is 4.74 Å². The standard InChI is InChI=1S/C9H13N3OS/c1-10-2-4-13-7-8-6-12-3-5-14-9(12)11-8/h3,5-6,10H,2,4,7H2,1H3. The van der Waals surface area contributed by atoms with Crippen LogP contribution in [0.3, 0.4) is 0 Å². The molecule has 0 spiro atoms. The van der Waals surface area contributed by atoms with Crippen LogP contribution in [-0.2, 0) is 11.3 Å². The average molecular weight is 211 g/mol. The third-order valence-electron chi connectivity index (χ3n) is 1.89. The number of rotatable bonds is 5. The van der Waals surface area contributed by atoms with E-state index in [-0.39, 0.29) is 0 Å². The monoisotopic (exact) mass is 211 g/mol. The maximum Gasteiger partial charge on any atom is 0.193 e. The fraction of sp³-hybridized carbons (Fsp3) is 0.444. The Kier molecular flexibility index (Phi) is 3.13. The predicted molar refractivity (Wildman–Crippen MR) is 56.7 cm³/mol. The number of nitrogens with zero attached hydrogens (tertiary/aromatic N) is 2. The van der Waals surface area contributed by atoms with Gasteiger partial charge in [0.25, 0.3) is 0 Å². The van der Waals surface area contributed by atoms with Gasteiger partial charge in [0.2, 0.25) is 0 Å². The first-order chi connectivity index (χ1) is 6.90. The molecule has 76 valence electrons. The molecule has 2 heterocycles. The minimum absolute atomic E-state index is 0.593. The van der Waals surface area contributed by atoms with Crippen LogP contribution >= 0.6 is 11.3 Å². The molecule has 0 bridgehead atoms. The van der Waals surface area contributed by atoms with E-state index in [0.29, 0.717) is 6.61 Å². The van der Waals surface area contributed by atoms with Gasteiger partial charge in [-0.05, 0) is 7.05 Å². The van der Waals surface area contributed by atoms with Crippen molar-refractivity contribution >= 4 is 16.3 Å². The molecule has 2 aromatic heterocycles. The summed E-state index contributed by atoms with van der Waals surface area (Å²) in [4.78, 5) is 5.43. The molecule has 0 unspecified atom stereocenters. The average Bonchev–Trinajstić information content (AvgIpc) is 2.72. The maximum absolute atomic E-state index is 5.43. The summed E-state index contributed by atoms with van der Waals surface area (Å²) in [6.45, 7) is 2.19. The fourth-order valence-corrected chi connectivity index (χ4v) is 1.92. The molecule has 0 atom stereocenters. The van der Waals surface area contributed by atoms with E-state index in [1.165, 1.54) is 0 Å². The van der Waals surface area contributed by atoms with Crippen LogP contribution in [-0.4, -0.2) is 29.6 Å². The van der Waals surface area contributed by atoms with Crippen molar-refractivity contribution in [2.45, 2.75) is 6.61 Å². The zero-order chi connectivity index (χ0) is 9.80. The molecule has 0 aromatic carbocycles. The van der Waals surface area contributed by atoms with Crippen LogP contribution in [0, 0.1) is 0 Å². The van der Waals surface area contributed by atoms with Crippen LogP contribution in [0.1, 0.15) is 5.69 Å². The summed E-state index contributed by atoms with van der Waals surface area (Å²) in [6, 6.07) is 0. The lowest BCUT2D eigenvalue weighted by Crippen LogP contribution is -2.14. The number of aromatic nitrogens is 2. The molecular weight excluding hydrogens is 198 g/mol. The Morgan fingerprint density at radius 3 is 3.36 bits per heavy atom. The smallest absolute Gasteiger partial charge is 0.193 e. The lowest BCUT2D eigenvalue weighted by Gasteiger charge is -1.99. The van der Waals surface area contributed by atoms with Crippen molar-refractivity contribution in [3.05, 3.63) is 23.5 Å². The molecule has 0 saturated heterocycles. The van der Waals surface area contributed by atoms with E-state index in [1.807, 2.05) is 29.2 Å². The van der Waals surface area contributed by atoms with E-state index in [9.17, 15) is 0 Å². The van der Waals surface area contributed by atoms with Gasteiger partial charge in [-0.15, -0.1) is 11.3 Å². The Labute approximate surface area is 86.5 Å². The molecule has 0 saturated carbocycles. The van der Waals surface area contributed by atoms with Crippen molar-refractivity contribution in [3.63, 3.8) is 0 Å². The second kappa shape index (κ2) is 4.54. The van der Waals surface area contributed by atoms with Crippen LogP contribution in [0.2, 0.25) is 0 Å². The molecular formula is C9H13N3OS. The van der Waals surface area contributed by atoms with E-state index in [0.717, 1.165) is 23.8 Å². The number of thiazole rings is 1. The molecule has 14 heavy (non-hydrogen) atoms. The Morgan fingerprint density at radius 2 is 2.57 bits per heavy atom. The van der Waals surface area contributed by atoms with Gasteiger partial charge < -0.3 is 10.1 Å². The van der Waals surface area contributed by atoms with Gasteiger partial charge in [-0.1, -0.05) is 0 Å². The topological polar surface area (TPSA) is 38.6 Å². The first kappa shape index (κ1) is 9.64.